The molecule has 106 valence electrons. The molecule has 1 unspecified atom stereocenters. The summed E-state index contributed by atoms with van der Waals surface area (Å²) in [5.41, 5.74) is 8.35. The van der Waals surface area contributed by atoms with E-state index in [1.807, 2.05) is 0 Å². The van der Waals surface area contributed by atoms with Crippen molar-refractivity contribution in [3.8, 4) is 0 Å². The maximum Gasteiger partial charge on any atom is 0.0446 e. The topological polar surface area (TPSA) is 49.5 Å². The van der Waals surface area contributed by atoms with Crippen molar-refractivity contribution in [1.82, 2.24) is 0 Å². The SMILES string of the molecule is NCc1ccc(N2CCC(CCO)C2)c2ccccc12. The van der Waals surface area contributed by atoms with Gasteiger partial charge in [0.05, 0.1) is 0 Å². The zero-order chi connectivity index (χ0) is 13.9. The van der Waals surface area contributed by atoms with Crippen molar-refractivity contribution in [3.05, 3.63) is 42.0 Å². The van der Waals surface area contributed by atoms with Crippen LogP contribution in [-0.4, -0.2) is 24.8 Å². The van der Waals surface area contributed by atoms with E-state index in [2.05, 4.69) is 41.3 Å². The smallest absolute Gasteiger partial charge is 0.0446 e. The van der Waals surface area contributed by atoms with Gasteiger partial charge in [0.2, 0.25) is 0 Å². The second kappa shape index (κ2) is 5.81. The second-order valence-corrected chi connectivity index (χ2v) is 5.61. The van der Waals surface area contributed by atoms with Gasteiger partial charge in [-0.25, -0.2) is 0 Å². The Hall–Kier alpha value is -1.58. The lowest BCUT2D eigenvalue weighted by Gasteiger charge is -2.22. The molecule has 3 N–H and O–H groups in total. The molecule has 1 atom stereocenters. The van der Waals surface area contributed by atoms with Gasteiger partial charge in [-0.3, -0.25) is 0 Å². The Morgan fingerprint density at radius 3 is 2.70 bits per heavy atom. The number of rotatable bonds is 4. The van der Waals surface area contributed by atoms with E-state index in [1.54, 1.807) is 0 Å². The van der Waals surface area contributed by atoms with Crippen molar-refractivity contribution < 1.29 is 5.11 Å². The third-order valence-electron chi connectivity index (χ3n) is 4.38. The summed E-state index contributed by atoms with van der Waals surface area (Å²) in [7, 11) is 0. The summed E-state index contributed by atoms with van der Waals surface area (Å²) in [5.74, 6) is 0.618. The van der Waals surface area contributed by atoms with Crippen LogP contribution in [0.4, 0.5) is 5.69 Å². The van der Waals surface area contributed by atoms with Crippen LogP contribution in [-0.2, 0) is 6.54 Å². The number of hydrogen-bond donors (Lipinski definition) is 2. The maximum atomic E-state index is 9.09. The highest BCUT2D eigenvalue weighted by Crippen LogP contribution is 2.33. The van der Waals surface area contributed by atoms with Gasteiger partial charge < -0.3 is 15.7 Å². The first-order valence-corrected chi connectivity index (χ1v) is 7.40. The molecule has 3 rings (SSSR count). The van der Waals surface area contributed by atoms with Gasteiger partial charge in [0.25, 0.3) is 0 Å². The molecule has 0 radical (unpaired) electrons. The largest absolute Gasteiger partial charge is 0.396 e. The summed E-state index contributed by atoms with van der Waals surface area (Å²) >= 11 is 0. The molecule has 2 aromatic rings. The number of fused-ring (bicyclic) bond motifs is 1. The lowest BCUT2D eigenvalue weighted by atomic mass is 10.0. The molecular formula is C17H22N2O. The maximum absolute atomic E-state index is 9.09. The highest BCUT2D eigenvalue weighted by atomic mass is 16.3. The van der Waals surface area contributed by atoms with Gasteiger partial charge in [-0.2, -0.15) is 0 Å². The minimum absolute atomic E-state index is 0.297. The van der Waals surface area contributed by atoms with Crippen LogP contribution in [0.15, 0.2) is 36.4 Å². The van der Waals surface area contributed by atoms with Crippen LogP contribution in [0, 0.1) is 5.92 Å². The van der Waals surface area contributed by atoms with E-state index in [9.17, 15) is 0 Å². The average molecular weight is 270 g/mol. The monoisotopic (exact) mass is 270 g/mol. The Bertz CT molecular complexity index is 597. The van der Waals surface area contributed by atoms with Crippen molar-refractivity contribution in [3.63, 3.8) is 0 Å². The number of anilines is 1. The number of aliphatic hydroxyl groups excluding tert-OH is 1. The third kappa shape index (κ3) is 2.39. The molecule has 1 fully saturated rings. The number of nitrogens with zero attached hydrogens (tertiary/aromatic N) is 1. The molecule has 1 heterocycles. The van der Waals surface area contributed by atoms with Gasteiger partial charge in [0, 0.05) is 37.3 Å². The molecule has 20 heavy (non-hydrogen) atoms. The van der Waals surface area contributed by atoms with Crippen molar-refractivity contribution in [2.75, 3.05) is 24.6 Å². The Morgan fingerprint density at radius 2 is 1.95 bits per heavy atom. The van der Waals surface area contributed by atoms with Gasteiger partial charge in [-0.15, -0.1) is 0 Å². The van der Waals surface area contributed by atoms with E-state index in [-0.39, 0.29) is 0 Å². The van der Waals surface area contributed by atoms with Crippen molar-refractivity contribution in [1.29, 1.82) is 0 Å². The Morgan fingerprint density at radius 1 is 1.15 bits per heavy atom. The summed E-state index contributed by atoms with van der Waals surface area (Å²) in [6.45, 7) is 3.00. The lowest BCUT2D eigenvalue weighted by molar-refractivity contribution is 0.263. The standard InChI is InChI=1S/C17H22N2O/c18-11-14-5-6-17(16-4-2-1-3-15(14)16)19-9-7-13(12-19)8-10-20/h1-6,13,20H,7-12,18H2. The van der Waals surface area contributed by atoms with Gasteiger partial charge in [0.15, 0.2) is 0 Å². The van der Waals surface area contributed by atoms with E-state index >= 15 is 0 Å². The number of benzene rings is 2. The Balaban J connectivity index is 1.97. The molecule has 1 saturated heterocycles. The fourth-order valence-electron chi connectivity index (χ4n) is 3.27. The molecule has 0 amide bonds. The summed E-state index contributed by atoms with van der Waals surface area (Å²) in [6.07, 6.45) is 2.09. The highest BCUT2D eigenvalue weighted by Gasteiger charge is 2.23. The zero-order valence-corrected chi connectivity index (χ0v) is 11.8. The number of hydrogen-bond acceptors (Lipinski definition) is 3. The minimum atomic E-state index is 0.297. The van der Waals surface area contributed by atoms with Crippen molar-refractivity contribution in [2.45, 2.75) is 19.4 Å². The Kier molecular flexibility index (Phi) is 3.90. The predicted molar refractivity (Wildman–Crippen MR) is 83.9 cm³/mol. The molecule has 1 aliphatic heterocycles. The molecule has 0 aromatic heterocycles. The van der Waals surface area contributed by atoms with Gasteiger partial charge >= 0.3 is 0 Å². The third-order valence-corrected chi connectivity index (χ3v) is 4.38. The molecular weight excluding hydrogens is 248 g/mol. The zero-order valence-electron chi connectivity index (χ0n) is 11.8. The van der Waals surface area contributed by atoms with E-state index < -0.39 is 0 Å². The van der Waals surface area contributed by atoms with Crippen LogP contribution in [0.1, 0.15) is 18.4 Å². The number of aliphatic hydroxyl groups is 1. The van der Waals surface area contributed by atoms with E-state index in [4.69, 9.17) is 10.8 Å². The summed E-state index contributed by atoms with van der Waals surface area (Å²) in [5, 5.41) is 11.6. The lowest BCUT2D eigenvalue weighted by Crippen LogP contribution is -2.20. The predicted octanol–water partition coefficient (Wildman–Crippen LogP) is 2.51. The van der Waals surface area contributed by atoms with Crippen LogP contribution < -0.4 is 10.6 Å². The fraction of sp³-hybridized carbons (Fsp3) is 0.412. The highest BCUT2D eigenvalue weighted by molar-refractivity contribution is 5.96. The van der Waals surface area contributed by atoms with Crippen LogP contribution in [0.2, 0.25) is 0 Å². The quantitative estimate of drug-likeness (QED) is 0.897. The van der Waals surface area contributed by atoms with Crippen molar-refractivity contribution >= 4 is 16.5 Å². The molecule has 1 aliphatic rings. The van der Waals surface area contributed by atoms with Crippen LogP contribution in [0.3, 0.4) is 0 Å². The van der Waals surface area contributed by atoms with Crippen LogP contribution >= 0.6 is 0 Å². The summed E-state index contributed by atoms with van der Waals surface area (Å²) in [4.78, 5) is 2.45. The molecule has 0 saturated carbocycles. The van der Waals surface area contributed by atoms with Crippen LogP contribution in [0.5, 0.6) is 0 Å². The van der Waals surface area contributed by atoms with E-state index in [0.717, 1.165) is 19.5 Å². The first kappa shape index (κ1) is 13.4. The number of nitrogens with two attached hydrogens (primary N) is 1. The fourth-order valence-corrected chi connectivity index (χ4v) is 3.27. The molecule has 3 heteroatoms. The Labute approximate surface area is 120 Å². The van der Waals surface area contributed by atoms with Crippen molar-refractivity contribution in [2.24, 2.45) is 11.7 Å². The first-order valence-electron chi connectivity index (χ1n) is 7.40. The van der Waals surface area contributed by atoms with Gasteiger partial charge in [-0.1, -0.05) is 30.3 Å². The normalized spacial score (nSPS) is 18.9. The van der Waals surface area contributed by atoms with Crippen LogP contribution in [0.25, 0.3) is 10.8 Å². The average Bonchev–Trinajstić information content (AvgIpc) is 2.95. The molecule has 0 bridgehead atoms. The second-order valence-electron chi connectivity index (χ2n) is 5.61. The minimum Gasteiger partial charge on any atom is -0.396 e. The molecule has 2 aromatic carbocycles. The summed E-state index contributed by atoms with van der Waals surface area (Å²) < 4.78 is 0. The first-order chi connectivity index (χ1) is 9.83. The molecule has 0 aliphatic carbocycles. The van der Waals surface area contributed by atoms with Gasteiger partial charge in [0.1, 0.15) is 0 Å². The molecule has 0 spiro atoms. The molecule has 3 nitrogen and oxygen atoms in total. The van der Waals surface area contributed by atoms with Gasteiger partial charge in [-0.05, 0) is 35.8 Å². The summed E-state index contributed by atoms with van der Waals surface area (Å²) in [6, 6.07) is 12.9. The van der Waals surface area contributed by atoms with E-state index in [0.29, 0.717) is 19.1 Å². The van der Waals surface area contributed by atoms with E-state index in [1.165, 1.54) is 28.4 Å².